The summed E-state index contributed by atoms with van der Waals surface area (Å²) in [5.41, 5.74) is 3.78. The number of rotatable bonds is 12. The average molecular weight is 727 g/mol. The monoisotopic (exact) mass is 726 g/mol. The highest BCUT2D eigenvalue weighted by Crippen LogP contribution is 2.36. The number of hydrogen-bond donors (Lipinski definition) is 2. The summed E-state index contributed by atoms with van der Waals surface area (Å²) in [6.07, 6.45) is -3.39. The number of thioether (sulfide) groups is 1. The lowest BCUT2D eigenvalue weighted by Gasteiger charge is -2.23. The molecule has 1 aliphatic heterocycles. The van der Waals surface area contributed by atoms with Crippen molar-refractivity contribution in [3.05, 3.63) is 84.2 Å². The Morgan fingerprint density at radius 3 is 2.44 bits per heavy atom. The maximum atomic E-state index is 13.0. The number of ether oxygens (including phenoxy) is 2. The number of hydrogen-bond acceptors (Lipinski definition) is 8. The fourth-order valence-corrected chi connectivity index (χ4v) is 6.49. The number of aliphatic imine (C=N–C) groups is 1. The minimum atomic E-state index is -4.78. The molecule has 262 valence electrons. The van der Waals surface area contributed by atoms with Gasteiger partial charge in [0.2, 0.25) is 5.91 Å². The van der Waals surface area contributed by atoms with Gasteiger partial charge < -0.3 is 19.9 Å². The number of anilines is 1. The molecular weight excluding hydrogens is 694 g/mol. The number of amides is 2. The minimum Gasteiger partial charge on any atom is -0.497 e. The van der Waals surface area contributed by atoms with Gasteiger partial charge in [-0.25, -0.2) is 19.5 Å². The molecule has 1 saturated heterocycles. The van der Waals surface area contributed by atoms with Crippen molar-refractivity contribution < 1.29 is 37.3 Å². The van der Waals surface area contributed by atoms with Crippen LogP contribution in [0, 0.1) is 0 Å². The second kappa shape index (κ2) is 15.7. The summed E-state index contributed by atoms with van der Waals surface area (Å²) in [5, 5.41) is 16.9. The molecule has 4 aromatic rings. The molecule has 0 radical (unpaired) electrons. The van der Waals surface area contributed by atoms with Crippen LogP contribution in [0.3, 0.4) is 0 Å². The Hall–Kier alpha value is -4.96. The molecule has 5 rings (SSSR count). The number of amidine groups is 1. The van der Waals surface area contributed by atoms with Crippen molar-refractivity contribution in [1.29, 1.82) is 0 Å². The second-order valence-corrected chi connectivity index (χ2v) is 12.9. The van der Waals surface area contributed by atoms with E-state index in [1.54, 1.807) is 18.1 Å². The molecule has 1 aliphatic rings. The molecule has 2 heterocycles. The number of halogens is 3. The average Bonchev–Trinajstić information content (AvgIpc) is 3.70. The third-order valence-corrected chi connectivity index (χ3v) is 8.84. The Morgan fingerprint density at radius 1 is 1.10 bits per heavy atom. The Labute approximate surface area is 295 Å². The summed E-state index contributed by atoms with van der Waals surface area (Å²) in [6, 6.07) is 17.7. The molecule has 3 aromatic carbocycles. The van der Waals surface area contributed by atoms with Gasteiger partial charge in [0.15, 0.2) is 11.0 Å². The third-order valence-electron chi connectivity index (χ3n) is 7.66. The van der Waals surface area contributed by atoms with E-state index in [-0.39, 0.29) is 34.7 Å². The Bertz CT molecular complexity index is 1880. The van der Waals surface area contributed by atoms with E-state index in [2.05, 4.69) is 25.1 Å². The van der Waals surface area contributed by atoms with E-state index in [9.17, 15) is 27.9 Å². The van der Waals surface area contributed by atoms with E-state index < -0.39 is 18.5 Å². The number of thiocarbonyl (C=S) groups is 1. The number of nitrogens with one attached hydrogen (secondary N) is 1. The Morgan fingerprint density at radius 2 is 1.80 bits per heavy atom. The van der Waals surface area contributed by atoms with Crippen molar-refractivity contribution in [3.8, 4) is 28.6 Å². The van der Waals surface area contributed by atoms with Gasteiger partial charge in [0, 0.05) is 24.1 Å². The predicted molar refractivity (Wildman–Crippen MR) is 188 cm³/mol. The SMILES string of the molecule is COc1ccc(C(C)C)c(N2C(=O)CSC2=NC(=S)CC(CCc2ccc(-c3ncn(-c4ccc(OC(F)(F)F)cc4)n3)cc2)NC(=O)O)c1. The van der Waals surface area contributed by atoms with E-state index in [1.807, 2.05) is 50.2 Å². The van der Waals surface area contributed by atoms with E-state index in [4.69, 9.17) is 17.0 Å². The molecular formula is C34H33F3N6O5S2. The zero-order chi connectivity index (χ0) is 36.0. The number of alkyl halides is 3. The molecule has 0 saturated carbocycles. The first-order valence-corrected chi connectivity index (χ1v) is 16.8. The van der Waals surface area contributed by atoms with Crippen LogP contribution in [0.5, 0.6) is 11.5 Å². The second-order valence-electron chi connectivity index (χ2n) is 11.5. The number of methoxy groups -OCH3 is 1. The molecule has 2 N–H and O–H groups in total. The lowest BCUT2D eigenvalue weighted by Crippen LogP contribution is -2.36. The van der Waals surface area contributed by atoms with Crippen molar-refractivity contribution >= 4 is 51.8 Å². The Balaban J connectivity index is 1.23. The molecule has 0 aliphatic carbocycles. The van der Waals surface area contributed by atoms with Crippen molar-refractivity contribution in [2.75, 3.05) is 17.8 Å². The number of carboxylic acid groups (broad SMARTS) is 1. The van der Waals surface area contributed by atoms with Gasteiger partial charge in [0.1, 0.15) is 22.8 Å². The topological polar surface area (TPSA) is 131 Å². The number of nitrogens with zero attached hydrogens (tertiary/aromatic N) is 5. The number of aryl methyl sites for hydroxylation is 1. The van der Waals surface area contributed by atoms with Crippen LogP contribution in [0.15, 0.2) is 78.0 Å². The maximum Gasteiger partial charge on any atom is 0.573 e. The van der Waals surface area contributed by atoms with Crippen molar-refractivity contribution in [3.63, 3.8) is 0 Å². The summed E-state index contributed by atoms with van der Waals surface area (Å²) >= 11 is 6.87. The number of benzene rings is 3. The van der Waals surface area contributed by atoms with Gasteiger partial charge in [0.05, 0.1) is 24.2 Å². The standard InChI is InChI=1S/C34H33F3N6O5S2/c1-20(2)27-15-14-26(47-3)17-28(27)43-30(44)18-50-32(43)40-29(49)16-23(39-33(45)46)9-6-21-4-7-22(8-5-21)31-38-19-42(41-31)24-10-12-25(13-11-24)48-34(35,36)37/h4-5,7-8,10-15,17,19-20,23,39H,6,9,16,18H2,1-3H3,(H,45,46). The lowest BCUT2D eigenvalue weighted by atomic mass is 10.00. The Kier molecular flexibility index (Phi) is 11.4. The molecule has 11 nitrogen and oxygen atoms in total. The quantitative estimate of drug-likeness (QED) is 0.144. The van der Waals surface area contributed by atoms with Crippen LogP contribution in [-0.2, 0) is 11.2 Å². The van der Waals surface area contributed by atoms with Crippen molar-refractivity contribution in [1.82, 2.24) is 20.1 Å². The van der Waals surface area contributed by atoms with Crippen LogP contribution < -0.4 is 19.7 Å². The summed E-state index contributed by atoms with van der Waals surface area (Å²) in [6.45, 7) is 4.07. The van der Waals surface area contributed by atoms with E-state index >= 15 is 0 Å². The molecule has 1 fully saturated rings. The fraction of sp³-hybridized carbons (Fsp3) is 0.294. The smallest absolute Gasteiger partial charge is 0.497 e. The number of carbonyl (C=O) groups excluding carboxylic acids is 1. The summed E-state index contributed by atoms with van der Waals surface area (Å²) in [5.74, 6) is 0.874. The highest BCUT2D eigenvalue weighted by molar-refractivity contribution is 8.15. The van der Waals surface area contributed by atoms with Crippen LogP contribution in [0.25, 0.3) is 17.1 Å². The number of carbonyl (C=O) groups is 2. The molecule has 1 aromatic heterocycles. The van der Waals surface area contributed by atoms with Gasteiger partial charge in [-0.15, -0.1) is 18.3 Å². The highest BCUT2D eigenvalue weighted by Gasteiger charge is 2.33. The zero-order valence-corrected chi connectivity index (χ0v) is 28.8. The van der Waals surface area contributed by atoms with Crippen molar-refractivity contribution in [2.45, 2.75) is 51.4 Å². The fourth-order valence-electron chi connectivity index (χ4n) is 5.26. The van der Waals surface area contributed by atoms with Crippen LogP contribution in [0.4, 0.5) is 23.7 Å². The minimum absolute atomic E-state index is 0.130. The molecule has 16 heteroatoms. The van der Waals surface area contributed by atoms with Crippen LogP contribution >= 0.6 is 24.0 Å². The molecule has 1 atom stereocenters. The summed E-state index contributed by atoms with van der Waals surface area (Å²) in [7, 11) is 1.56. The summed E-state index contributed by atoms with van der Waals surface area (Å²) < 4.78 is 48.1. The zero-order valence-electron chi connectivity index (χ0n) is 27.2. The normalized spacial score (nSPS) is 14.7. The van der Waals surface area contributed by atoms with Crippen molar-refractivity contribution in [2.24, 2.45) is 4.99 Å². The summed E-state index contributed by atoms with van der Waals surface area (Å²) in [4.78, 5) is 35.4. The predicted octanol–water partition coefficient (Wildman–Crippen LogP) is 7.39. The lowest BCUT2D eigenvalue weighted by molar-refractivity contribution is -0.274. The third kappa shape index (κ3) is 9.38. The van der Waals surface area contributed by atoms with Gasteiger partial charge in [-0.1, -0.05) is 68.2 Å². The first-order chi connectivity index (χ1) is 23.8. The molecule has 0 bridgehead atoms. The van der Waals surface area contributed by atoms with Crippen LogP contribution in [0.1, 0.15) is 43.7 Å². The van der Waals surface area contributed by atoms with Gasteiger partial charge in [-0.05, 0) is 60.2 Å². The van der Waals surface area contributed by atoms with Gasteiger partial charge in [-0.2, -0.15) is 0 Å². The van der Waals surface area contributed by atoms with Gasteiger partial charge >= 0.3 is 12.5 Å². The van der Waals surface area contributed by atoms with Crippen LogP contribution in [-0.4, -0.2) is 67.3 Å². The first kappa shape index (κ1) is 36.3. The largest absolute Gasteiger partial charge is 0.573 e. The molecule has 2 amide bonds. The highest BCUT2D eigenvalue weighted by atomic mass is 32.2. The van der Waals surface area contributed by atoms with Crippen LogP contribution in [0.2, 0.25) is 0 Å². The van der Waals surface area contributed by atoms with E-state index in [1.165, 1.54) is 47.0 Å². The first-order valence-electron chi connectivity index (χ1n) is 15.4. The molecule has 50 heavy (non-hydrogen) atoms. The molecule has 1 unspecified atom stereocenters. The maximum absolute atomic E-state index is 13.0. The number of aromatic nitrogens is 3. The van der Waals surface area contributed by atoms with Gasteiger partial charge in [-0.3, -0.25) is 9.69 Å². The van der Waals surface area contributed by atoms with E-state index in [0.29, 0.717) is 46.5 Å². The molecule has 0 spiro atoms. The van der Waals surface area contributed by atoms with Gasteiger partial charge in [0.25, 0.3) is 0 Å². The van der Waals surface area contributed by atoms with E-state index in [0.717, 1.165) is 11.1 Å².